The van der Waals surface area contributed by atoms with Gasteiger partial charge in [-0.15, -0.1) is 0 Å². The molecule has 4 rings (SSSR count). The lowest BCUT2D eigenvalue weighted by Gasteiger charge is -2.12. The number of hydrogen-bond acceptors (Lipinski definition) is 8. The van der Waals surface area contributed by atoms with Gasteiger partial charge in [0.2, 0.25) is 5.90 Å². The number of ether oxygens (including phenoxy) is 3. The predicted octanol–water partition coefficient (Wildman–Crippen LogP) is 5.73. The monoisotopic (exact) mass is 618 g/mol. The number of esters is 2. The van der Waals surface area contributed by atoms with Crippen molar-refractivity contribution in [2.24, 2.45) is 4.99 Å². The number of nitro benzene ring substituents is 1. The molecular weight excluding hydrogens is 603 g/mol. The van der Waals surface area contributed by atoms with Gasteiger partial charge in [-0.25, -0.2) is 14.6 Å². The lowest BCUT2D eigenvalue weighted by molar-refractivity contribution is -0.385. The quantitative estimate of drug-likeness (QED) is 0.0864. The van der Waals surface area contributed by atoms with Crippen molar-refractivity contribution in [2.75, 3.05) is 7.11 Å². The number of rotatable bonds is 6. The average molecular weight is 619 g/mol. The molecular formula is C25H16ClIN2O7. The van der Waals surface area contributed by atoms with Gasteiger partial charge in [0.15, 0.2) is 17.2 Å². The predicted molar refractivity (Wildman–Crippen MR) is 141 cm³/mol. The smallest absolute Gasteiger partial charge is 0.363 e. The highest BCUT2D eigenvalue weighted by molar-refractivity contribution is 14.1. The third-order valence-electron chi connectivity index (χ3n) is 5.18. The van der Waals surface area contributed by atoms with E-state index in [4.69, 9.17) is 25.8 Å². The van der Waals surface area contributed by atoms with E-state index in [-0.39, 0.29) is 28.8 Å². The average Bonchev–Trinajstić information content (AvgIpc) is 3.20. The second-order valence-electron chi connectivity index (χ2n) is 7.47. The normalized spacial score (nSPS) is 13.8. The minimum atomic E-state index is -0.705. The second-order valence-corrected chi connectivity index (χ2v) is 9.07. The number of hydrogen-bond donors (Lipinski definition) is 0. The first-order chi connectivity index (χ1) is 17.2. The Labute approximate surface area is 223 Å². The summed E-state index contributed by atoms with van der Waals surface area (Å²) in [6.45, 7) is 1.56. The van der Waals surface area contributed by atoms with E-state index in [9.17, 15) is 19.7 Å². The van der Waals surface area contributed by atoms with Gasteiger partial charge < -0.3 is 14.2 Å². The fraction of sp³-hybridized carbons (Fsp3) is 0.0800. The van der Waals surface area contributed by atoms with Crippen LogP contribution in [0, 0.1) is 20.6 Å². The van der Waals surface area contributed by atoms with Crippen molar-refractivity contribution < 1.29 is 28.7 Å². The van der Waals surface area contributed by atoms with Gasteiger partial charge in [-0.2, -0.15) is 0 Å². The molecule has 0 saturated heterocycles. The summed E-state index contributed by atoms with van der Waals surface area (Å²) >= 11 is 7.86. The van der Waals surface area contributed by atoms with Crippen LogP contribution >= 0.6 is 34.2 Å². The molecule has 0 fully saturated rings. The molecule has 1 heterocycles. The molecule has 11 heteroatoms. The van der Waals surface area contributed by atoms with Gasteiger partial charge in [-0.1, -0.05) is 17.7 Å². The Morgan fingerprint density at radius 3 is 2.58 bits per heavy atom. The summed E-state index contributed by atoms with van der Waals surface area (Å²) in [4.78, 5) is 40.0. The Morgan fingerprint density at radius 1 is 1.19 bits per heavy atom. The maximum Gasteiger partial charge on any atom is 0.363 e. The fourth-order valence-corrected chi connectivity index (χ4v) is 4.26. The maximum atomic E-state index is 12.6. The maximum absolute atomic E-state index is 12.6. The number of carbonyl (C=O) groups excluding carboxylic acids is 2. The molecule has 0 N–H and O–H groups in total. The van der Waals surface area contributed by atoms with E-state index >= 15 is 0 Å². The van der Waals surface area contributed by atoms with Crippen molar-refractivity contribution >= 4 is 63.8 Å². The van der Waals surface area contributed by atoms with E-state index in [2.05, 4.69) is 4.99 Å². The minimum Gasteiger partial charge on any atom is -0.493 e. The molecule has 0 saturated carbocycles. The van der Waals surface area contributed by atoms with Gasteiger partial charge in [0.25, 0.3) is 5.69 Å². The van der Waals surface area contributed by atoms with Crippen LogP contribution in [0.25, 0.3) is 6.08 Å². The summed E-state index contributed by atoms with van der Waals surface area (Å²) in [7, 11) is 1.42. The van der Waals surface area contributed by atoms with Crippen molar-refractivity contribution in [3.8, 4) is 11.5 Å². The highest BCUT2D eigenvalue weighted by Crippen LogP contribution is 2.36. The summed E-state index contributed by atoms with van der Waals surface area (Å²) in [5.41, 5.74) is 1.42. The number of benzene rings is 3. The lowest BCUT2D eigenvalue weighted by Crippen LogP contribution is -2.10. The molecule has 0 bridgehead atoms. The number of aliphatic imine (C=N–C) groups is 1. The van der Waals surface area contributed by atoms with Crippen molar-refractivity contribution in [3.63, 3.8) is 0 Å². The van der Waals surface area contributed by atoms with Gasteiger partial charge in [0.05, 0.1) is 21.2 Å². The van der Waals surface area contributed by atoms with Crippen molar-refractivity contribution in [2.45, 2.75) is 6.92 Å². The van der Waals surface area contributed by atoms with Crippen LogP contribution < -0.4 is 9.47 Å². The Bertz CT molecular complexity index is 1470. The molecule has 3 aromatic rings. The van der Waals surface area contributed by atoms with Crippen LogP contribution in [-0.4, -0.2) is 29.9 Å². The van der Waals surface area contributed by atoms with E-state index in [1.165, 1.54) is 25.3 Å². The molecule has 3 aromatic carbocycles. The molecule has 0 amide bonds. The number of methoxy groups -OCH3 is 1. The first kappa shape index (κ1) is 25.3. The first-order valence-electron chi connectivity index (χ1n) is 10.3. The van der Waals surface area contributed by atoms with Gasteiger partial charge >= 0.3 is 11.9 Å². The second kappa shape index (κ2) is 10.5. The molecule has 0 unspecified atom stereocenters. The lowest BCUT2D eigenvalue weighted by atomic mass is 10.1. The van der Waals surface area contributed by atoms with Crippen LogP contribution in [0.3, 0.4) is 0 Å². The molecule has 0 aliphatic carbocycles. The van der Waals surface area contributed by atoms with Crippen LogP contribution in [0.15, 0.2) is 65.3 Å². The molecule has 0 spiro atoms. The largest absolute Gasteiger partial charge is 0.493 e. The first-order valence-corrected chi connectivity index (χ1v) is 11.8. The van der Waals surface area contributed by atoms with Crippen LogP contribution in [-0.2, 0) is 9.53 Å². The number of nitro groups is 1. The van der Waals surface area contributed by atoms with Crippen LogP contribution in [0.1, 0.15) is 27.0 Å². The zero-order chi connectivity index (χ0) is 26.0. The van der Waals surface area contributed by atoms with E-state index in [0.29, 0.717) is 30.8 Å². The molecule has 1 aliphatic heterocycles. The Kier molecular flexibility index (Phi) is 7.36. The molecule has 0 atom stereocenters. The molecule has 0 aromatic heterocycles. The molecule has 9 nitrogen and oxygen atoms in total. The van der Waals surface area contributed by atoms with Crippen molar-refractivity contribution in [3.05, 3.63) is 101 Å². The molecule has 182 valence electrons. The third-order valence-corrected chi connectivity index (χ3v) is 6.24. The van der Waals surface area contributed by atoms with Crippen LogP contribution in [0.2, 0.25) is 5.02 Å². The van der Waals surface area contributed by atoms with E-state index in [1.54, 1.807) is 49.4 Å². The van der Waals surface area contributed by atoms with E-state index in [1.807, 2.05) is 22.6 Å². The van der Waals surface area contributed by atoms with E-state index in [0.717, 1.165) is 0 Å². The number of halogens is 2. The molecule has 1 aliphatic rings. The summed E-state index contributed by atoms with van der Waals surface area (Å²) in [6.07, 6.45) is 1.48. The van der Waals surface area contributed by atoms with Gasteiger partial charge in [-0.3, -0.25) is 10.1 Å². The molecule has 36 heavy (non-hydrogen) atoms. The zero-order valence-corrected chi connectivity index (χ0v) is 21.7. The minimum absolute atomic E-state index is 0.000307. The number of carbonyl (C=O) groups is 2. The highest BCUT2D eigenvalue weighted by Gasteiger charge is 2.28. The summed E-state index contributed by atoms with van der Waals surface area (Å²) in [5.74, 6) is -0.840. The Hall–Kier alpha value is -3.77. The third kappa shape index (κ3) is 5.24. The summed E-state index contributed by atoms with van der Waals surface area (Å²) in [6, 6.07) is 14.0. The van der Waals surface area contributed by atoms with Gasteiger partial charge in [0, 0.05) is 22.2 Å². The Morgan fingerprint density at radius 2 is 1.92 bits per heavy atom. The highest BCUT2D eigenvalue weighted by atomic mass is 127. The van der Waals surface area contributed by atoms with Crippen molar-refractivity contribution in [1.29, 1.82) is 0 Å². The van der Waals surface area contributed by atoms with Crippen LogP contribution in [0.5, 0.6) is 11.5 Å². The van der Waals surface area contributed by atoms with Gasteiger partial charge in [-0.05, 0) is 83.6 Å². The van der Waals surface area contributed by atoms with Crippen LogP contribution in [0.4, 0.5) is 5.69 Å². The van der Waals surface area contributed by atoms with Gasteiger partial charge in [0.1, 0.15) is 0 Å². The fourth-order valence-electron chi connectivity index (χ4n) is 3.39. The number of nitrogens with zero attached hydrogens (tertiary/aromatic N) is 2. The zero-order valence-electron chi connectivity index (χ0n) is 18.8. The Balaban J connectivity index is 1.65. The standard InChI is InChI=1S/C25H16ClIN2O7/c1-13-17(4-3-5-20(13)29(32)33)23-28-19(25(31)36-23)11-14-10-18(27)22(21(12-14)34-2)35-24(30)15-6-8-16(26)9-7-15/h3-12H,1-2H3/b19-11-. The molecule has 0 radical (unpaired) electrons. The summed E-state index contributed by atoms with van der Waals surface area (Å²) < 4.78 is 16.8. The number of cyclic esters (lactones) is 1. The SMILES string of the molecule is COc1cc(/C=C2\N=C(c3cccc([N+](=O)[O-])c3C)OC2=O)cc(I)c1OC(=O)c1ccc(Cl)cc1. The van der Waals surface area contributed by atoms with E-state index < -0.39 is 16.9 Å². The topological polar surface area (TPSA) is 117 Å². The summed E-state index contributed by atoms with van der Waals surface area (Å²) in [5, 5.41) is 11.7. The van der Waals surface area contributed by atoms with Crippen molar-refractivity contribution in [1.82, 2.24) is 0 Å².